The highest BCUT2D eigenvalue weighted by molar-refractivity contribution is 9.10. The molecule has 0 aliphatic carbocycles. The van der Waals surface area contributed by atoms with E-state index in [1.807, 2.05) is 90.5 Å². The van der Waals surface area contributed by atoms with Crippen LogP contribution in [0.15, 0.2) is 83.3 Å². The van der Waals surface area contributed by atoms with Crippen molar-refractivity contribution in [2.45, 2.75) is 18.9 Å². The highest BCUT2D eigenvalue weighted by Crippen LogP contribution is 2.26. The van der Waals surface area contributed by atoms with Gasteiger partial charge in [-0.15, -0.1) is 0 Å². The molecule has 1 N–H and O–H groups in total. The van der Waals surface area contributed by atoms with Crippen molar-refractivity contribution >= 4 is 32.9 Å². The lowest BCUT2D eigenvalue weighted by Gasteiger charge is -2.19. The summed E-state index contributed by atoms with van der Waals surface area (Å²) < 4.78 is 8.73. The van der Waals surface area contributed by atoms with Crippen LogP contribution in [-0.2, 0) is 11.8 Å². The number of nitrogens with zero attached hydrogens (tertiary/aromatic N) is 2. The number of aromatic nitrogens is 2. The summed E-state index contributed by atoms with van der Waals surface area (Å²) in [6, 6.07) is 25.3. The van der Waals surface area contributed by atoms with Gasteiger partial charge in [-0.1, -0.05) is 54.6 Å². The topological polar surface area (TPSA) is 56.2 Å². The Labute approximate surface area is 190 Å². The fourth-order valence-electron chi connectivity index (χ4n) is 3.57. The molecule has 1 heterocycles. The Hall–Kier alpha value is -3.12. The van der Waals surface area contributed by atoms with Crippen LogP contribution in [0.5, 0.6) is 5.75 Å². The lowest BCUT2D eigenvalue weighted by atomic mass is 10.1. The van der Waals surface area contributed by atoms with Gasteiger partial charge in [0, 0.05) is 13.5 Å². The number of imidazole rings is 1. The molecule has 0 radical (unpaired) electrons. The molecule has 31 heavy (non-hydrogen) atoms. The lowest BCUT2D eigenvalue weighted by molar-refractivity contribution is -0.121. The Balaban J connectivity index is 1.46. The summed E-state index contributed by atoms with van der Waals surface area (Å²) in [5, 5.41) is 3.17. The number of halogens is 1. The molecule has 158 valence electrons. The number of nitrogens with one attached hydrogen (secondary N) is 1. The fraction of sp³-hybridized carbons (Fsp3) is 0.200. The monoisotopic (exact) mass is 477 g/mol. The first kappa shape index (κ1) is 21.1. The van der Waals surface area contributed by atoms with E-state index in [1.165, 1.54) is 0 Å². The molecular formula is C25H24BrN3O2. The van der Waals surface area contributed by atoms with Gasteiger partial charge in [0.15, 0.2) is 0 Å². The van der Waals surface area contributed by atoms with Crippen molar-refractivity contribution in [1.82, 2.24) is 14.9 Å². The van der Waals surface area contributed by atoms with Crippen molar-refractivity contribution in [2.75, 3.05) is 6.61 Å². The third-order valence-corrected chi connectivity index (χ3v) is 5.82. The molecule has 3 aromatic carbocycles. The number of rotatable bonds is 8. The Bertz CT molecular complexity index is 1170. The summed E-state index contributed by atoms with van der Waals surface area (Å²) in [4.78, 5) is 17.6. The Morgan fingerprint density at radius 2 is 1.74 bits per heavy atom. The summed E-state index contributed by atoms with van der Waals surface area (Å²) in [5.41, 5.74) is 2.95. The number of benzene rings is 3. The van der Waals surface area contributed by atoms with E-state index >= 15 is 0 Å². The summed E-state index contributed by atoms with van der Waals surface area (Å²) in [7, 11) is 1.98. The van der Waals surface area contributed by atoms with Crippen molar-refractivity contribution in [3.8, 4) is 5.75 Å². The van der Waals surface area contributed by atoms with Gasteiger partial charge in [0.25, 0.3) is 0 Å². The molecule has 0 fully saturated rings. The summed E-state index contributed by atoms with van der Waals surface area (Å²) in [5.74, 6) is 1.56. The molecule has 1 atom stereocenters. The predicted octanol–water partition coefficient (Wildman–Crippen LogP) is 5.40. The SMILES string of the molecule is Cn1c(C(NC(=O)CCCOc2ccccc2Br)c2ccccc2)nc2ccccc21. The molecule has 0 aliphatic heterocycles. The van der Waals surface area contributed by atoms with Gasteiger partial charge in [0.2, 0.25) is 5.91 Å². The maximum Gasteiger partial charge on any atom is 0.220 e. The molecule has 1 aromatic heterocycles. The van der Waals surface area contributed by atoms with Crippen LogP contribution in [0.3, 0.4) is 0 Å². The van der Waals surface area contributed by atoms with Gasteiger partial charge in [-0.25, -0.2) is 4.98 Å². The van der Waals surface area contributed by atoms with Crippen LogP contribution >= 0.6 is 15.9 Å². The van der Waals surface area contributed by atoms with Crippen LogP contribution in [0.2, 0.25) is 0 Å². The van der Waals surface area contributed by atoms with E-state index in [2.05, 4.69) is 21.2 Å². The van der Waals surface area contributed by atoms with Crippen molar-refractivity contribution in [3.63, 3.8) is 0 Å². The van der Waals surface area contributed by atoms with Crippen LogP contribution in [-0.4, -0.2) is 22.1 Å². The zero-order chi connectivity index (χ0) is 21.6. The Kier molecular flexibility index (Phi) is 6.67. The molecule has 4 rings (SSSR count). The summed E-state index contributed by atoms with van der Waals surface area (Å²) in [6.45, 7) is 0.471. The van der Waals surface area contributed by atoms with E-state index in [0.29, 0.717) is 19.4 Å². The molecule has 0 aliphatic rings. The average Bonchev–Trinajstić information content (AvgIpc) is 3.13. The number of carbonyl (C=O) groups excluding carboxylic acids is 1. The predicted molar refractivity (Wildman–Crippen MR) is 126 cm³/mol. The van der Waals surface area contributed by atoms with E-state index in [9.17, 15) is 4.79 Å². The minimum atomic E-state index is -0.324. The standard InChI is InChI=1S/C25H24BrN3O2/c1-29-21-14-7-6-13-20(21)27-25(29)24(18-10-3-2-4-11-18)28-23(30)16-9-17-31-22-15-8-5-12-19(22)26/h2-8,10-15,24H,9,16-17H2,1H3,(H,28,30). The largest absolute Gasteiger partial charge is 0.492 e. The van der Waals surface area contributed by atoms with Gasteiger partial charge >= 0.3 is 0 Å². The number of carbonyl (C=O) groups is 1. The lowest BCUT2D eigenvalue weighted by Crippen LogP contribution is -2.31. The van der Waals surface area contributed by atoms with E-state index < -0.39 is 0 Å². The smallest absolute Gasteiger partial charge is 0.220 e. The number of hydrogen-bond donors (Lipinski definition) is 1. The fourth-order valence-corrected chi connectivity index (χ4v) is 3.97. The van der Waals surface area contributed by atoms with E-state index in [1.54, 1.807) is 0 Å². The van der Waals surface area contributed by atoms with Crippen molar-refractivity contribution in [3.05, 3.63) is 94.7 Å². The molecule has 6 heteroatoms. The maximum atomic E-state index is 12.8. The van der Waals surface area contributed by atoms with Gasteiger partial charge < -0.3 is 14.6 Å². The number of aryl methyl sites for hydroxylation is 1. The molecular weight excluding hydrogens is 454 g/mol. The zero-order valence-electron chi connectivity index (χ0n) is 17.3. The number of para-hydroxylation sites is 3. The average molecular weight is 478 g/mol. The van der Waals surface area contributed by atoms with E-state index in [0.717, 1.165) is 32.6 Å². The van der Waals surface area contributed by atoms with Crippen molar-refractivity contribution in [2.24, 2.45) is 7.05 Å². The first-order chi connectivity index (χ1) is 15.1. The molecule has 0 bridgehead atoms. The van der Waals surface area contributed by atoms with Crippen LogP contribution in [0.25, 0.3) is 11.0 Å². The number of ether oxygens (including phenoxy) is 1. The Morgan fingerprint density at radius 3 is 2.52 bits per heavy atom. The minimum absolute atomic E-state index is 0.0309. The van der Waals surface area contributed by atoms with Crippen molar-refractivity contribution in [1.29, 1.82) is 0 Å². The molecule has 5 nitrogen and oxygen atoms in total. The molecule has 1 unspecified atom stereocenters. The van der Waals surface area contributed by atoms with Crippen LogP contribution in [0, 0.1) is 0 Å². The highest BCUT2D eigenvalue weighted by atomic mass is 79.9. The van der Waals surface area contributed by atoms with Gasteiger partial charge in [0.05, 0.1) is 22.1 Å². The normalized spacial score (nSPS) is 11.9. The zero-order valence-corrected chi connectivity index (χ0v) is 18.9. The third kappa shape index (κ3) is 4.97. The second-order valence-electron chi connectivity index (χ2n) is 7.31. The highest BCUT2D eigenvalue weighted by Gasteiger charge is 2.22. The van der Waals surface area contributed by atoms with Crippen molar-refractivity contribution < 1.29 is 9.53 Å². The quantitative estimate of drug-likeness (QED) is 0.345. The van der Waals surface area contributed by atoms with E-state index in [-0.39, 0.29) is 11.9 Å². The Morgan fingerprint density at radius 1 is 1.03 bits per heavy atom. The van der Waals surface area contributed by atoms with Crippen LogP contribution < -0.4 is 10.1 Å². The summed E-state index contributed by atoms with van der Waals surface area (Å²) in [6.07, 6.45) is 0.995. The van der Waals surface area contributed by atoms with Crippen LogP contribution in [0.4, 0.5) is 0 Å². The molecule has 4 aromatic rings. The molecule has 0 spiro atoms. The molecule has 0 saturated heterocycles. The maximum absolute atomic E-state index is 12.8. The first-order valence-electron chi connectivity index (χ1n) is 10.3. The third-order valence-electron chi connectivity index (χ3n) is 5.16. The van der Waals surface area contributed by atoms with Crippen LogP contribution in [0.1, 0.15) is 30.3 Å². The number of amides is 1. The first-order valence-corrected chi connectivity index (χ1v) is 11.1. The molecule has 1 amide bonds. The second-order valence-corrected chi connectivity index (χ2v) is 8.17. The molecule has 0 saturated carbocycles. The van der Waals surface area contributed by atoms with Gasteiger partial charge in [-0.3, -0.25) is 4.79 Å². The van der Waals surface area contributed by atoms with Gasteiger partial charge in [-0.2, -0.15) is 0 Å². The minimum Gasteiger partial charge on any atom is -0.492 e. The second kappa shape index (κ2) is 9.79. The van der Waals surface area contributed by atoms with Gasteiger partial charge in [-0.05, 0) is 52.2 Å². The number of hydrogen-bond acceptors (Lipinski definition) is 3. The van der Waals surface area contributed by atoms with Gasteiger partial charge in [0.1, 0.15) is 17.6 Å². The summed E-state index contributed by atoms with van der Waals surface area (Å²) >= 11 is 3.47. The number of fused-ring (bicyclic) bond motifs is 1. The van der Waals surface area contributed by atoms with E-state index in [4.69, 9.17) is 9.72 Å².